The molecule has 3 heteroatoms. The standard InChI is InChI=1S/C15H31N3/c1-4-6-9-17(5-2)15(11-16)10-13(3)18(12-15)14-7-8-14/h13-14H,4-12,16H2,1-3H3. The number of likely N-dealkylation sites (N-methyl/N-ethyl adjacent to an activating group) is 1. The third-order valence-corrected chi connectivity index (χ3v) is 4.95. The Morgan fingerprint density at radius 2 is 2.06 bits per heavy atom. The molecule has 1 aliphatic carbocycles. The average Bonchev–Trinajstić information content (AvgIpc) is 3.15. The number of unbranched alkanes of at least 4 members (excludes halogenated alkanes) is 1. The summed E-state index contributed by atoms with van der Waals surface area (Å²) in [6.45, 7) is 11.3. The van der Waals surface area contributed by atoms with Crippen molar-refractivity contribution in [2.24, 2.45) is 5.73 Å². The summed E-state index contributed by atoms with van der Waals surface area (Å²) in [5.41, 5.74) is 6.45. The Hall–Kier alpha value is -0.120. The fourth-order valence-electron chi connectivity index (χ4n) is 3.71. The molecule has 0 aromatic heterocycles. The van der Waals surface area contributed by atoms with E-state index in [0.717, 1.165) is 25.2 Å². The van der Waals surface area contributed by atoms with Crippen LogP contribution in [0.3, 0.4) is 0 Å². The quantitative estimate of drug-likeness (QED) is 0.754. The fraction of sp³-hybridized carbons (Fsp3) is 1.00. The molecule has 3 nitrogen and oxygen atoms in total. The second kappa shape index (κ2) is 5.89. The molecule has 0 aromatic rings. The lowest BCUT2D eigenvalue weighted by molar-refractivity contribution is 0.102. The Bertz CT molecular complexity index is 264. The molecule has 2 rings (SSSR count). The molecule has 1 saturated carbocycles. The van der Waals surface area contributed by atoms with E-state index in [1.165, 1.54) is 45.2 Å². The number of hydrogen-bond donors (Lipinski definition) is 1. The van der Waals surface area contributed by atoms with E-state index in [1.807, 2.05) is 0 Å². The van der Waals surface area contributed by atoms with Gasteiger partial charge in [0.25, 0.3) is 0 Å². The maximum absolute atomic E-state index is 6.19. The van der Waals surface area contributed by atoms with Crippen LogP contribution in [0.5, 0.6) is 0 Å². The summed E-state index contributed by atoms with van der Waals surface area (Å²) in [5, 5.41) is 0. The maximum Gasteiger partial charge on any atom is 0.0473 e. The van der Waals surface area contributed by atoms with E-state index in [9.17, 15) is 0 Å². The fourth-order valence-corrected chi connectivity index (χ4v) is 3.71. The predicted octanol–water partition coefficient (Wildman–Crippen LogP) is 2.06. The van der Waals surface area contributed by atoms with Gasteiger partial charge in [-0.2, -0.15) is 0 Å². The Labute approximate surface area is 113 Å². The van der Waals surface area contributed by atoms with Crippen LogP contribution in [0, 0.1) is 0 Å². The summed E-state index contributed by atoms with van der Waals surface area (Å²) < 4.78 is 0. The highest BCUT2D eigenvalue weighted by Gasteiger charge is 2.48. The Kier molecular flexibility index (Phi) is 4.68. The maximum atomic E-state index is 6.19. The van der Waals surface area contributed by atoms with Gasteiger partial charge in [0.2, 0.25) is 0 Å². The van der Waals surface area contributed by atoms with Crippen molar-refractivity contribution in [3.8, 4) is 0 Å². The van der Waals surface area contributed by atoms with E-state index >= 15 is 0 Å². The van der Waals surface area contributed by atoms with E-state index in [2.05, 4.69) is 30.6 Å². The van der Waals surface area contributed by atoms with Crippen LogP contribution >= 0.6 is 0 Å². The van der Waals surface area contributed by atoms with Gasteiger partial charge in [0.15, 0.2) is 0 Å². The third-order valence-electron chi connectivity index (χ3n) is 4.95. The normalized spacial score (nSPS) is 33.5. The van der Waals surface area contributed by atoms with E-state index < -0.39 is 0 Å². The molecule has 2 aliphatic rings. The molecule has 0 spiro atoms. The minimum Gasteiger partial charge on any atom is -0.329 e. The SMILES string of the molecule is CCCCN(CC)C1(CN)CC(C)N(C2CC2)C1. The van der Waals surface area contributed by atoms with Gasteiger partial charge in [-0.05, 0) is 45.7 Å². The molecule has 106 valence electrons. The zero-order valence-corrected chi connectivity index (χ0v) is 12.5. The summed E-state index contributed by atoms with van der Waals surface area (Å²) in [5.74, 6) is 0. The third kappa shape index (κ3) is 2.73. The van der Waals surface area contributed by atoms with Crippen LogP contribution in [-0.2, 0) is 0 Å². The average molecular weight is 253 g/mol. The van der Waals surface area contributed by atoms with Crippen LogP contribution in [0.4, 0.5) is 0 Å². The van der Waals surface area contributed by atoms with Crippen molar-refractivity contribution in [1.82, 2.24) is 9.80 Å². The molecule has 2 atom stereocenters. The van der Waals surface area contributed by atoms with Crippen LogP contribution in [0.2, 0.25) is 0 Å². The molecule has 0 amide bonds. The van der Waals surface area contributed by atoms with Gasteiger partial charge in [-0.25, -0.2) is 0 Å². The predicted molar refractivity (Wildman–Crippen MR) is 77.7 cm³/mol. The number of rotatable bonds is 7. The van der Waals surface area contributed by atoms with Crippen LogP contribution in [-0.4, -0.2) is 53.6 Å². The molecule has 1 aliphatic heterocycles. The van der Waals surface area contributed by atoms with Crippen molar-refractivity contribution in [2.75, 3.05) is 26.2 Å². The van der Waals surface area contributed by atoms with Crippen LogP contribution in [0.15, 0.2) is 0 Å². The van der Waals surface area contributed by atoms with Crippen molar-refractivity contribution >= 4 is 0 Å². The van der Waals surface area contributed by atoms with E-state index in [0.29, 0.717) is 0 Å². The molecular weight excluding hydrogens is 222 g/mol. The zero-order chi connectivity index (χ0) is 13.2. The van der Waals surface area contributed by atoms with E-state index in [4.69, 9.17) is 5.73 Å². The summed E-state index contributed by atoms with van der Waals surface area (Å²) in [6, 6.07) is 1.59. The van der Waals surface area contributed by atoms with Gasteiger partial charge in [-0.1, -0.05) is 20.3 Å². The van der Waals surface area contributed by atoms with Crippen molar-refractivity contribution in [3.05, 3.63) is 0 Å². The molecule has 0 bridgehead atoms. The monoisotopic (exact) mass is 253 g/mol. The van der Waals surface area contributed by atoms with Crippen molar-refractivity contribution < 1.29 is 0 Å². The first-order valence-electron chi connectivity index (χ1n) is 7.87. The molecular formula is C15H31N3. The van der Waals surface area contributed by atoms with Gasteiger partial charge in [0, 0.05) is 30.7 Å². The second-order valence-corrected chi connectivity index (χ2v) is 6.32. The van der Waals surface area contributed by atoms with Gasteiger partial charge in [-0.15, -0.1) is 0 Å². The number of nitrogens with two attached hydrogens (primary N) is 1. The highest BCUT2D eigenvalue weighted by Crippen LogP contribution is 2.39. The Balaban J connectivity index is 2.04. The minimum atomic E-state index is 0.256. The van der Waals surface area contributed by atoms with Crippen LogP contribution in [0.25, 0.3) is 0 Å². The largest absolute Gasteiger partial charge is 0.329 e. The number of hydrogen-bond acceptors (Lipinski definition) is 3. The summed E-state index contributed by atoms with van der Waals surface area (Å²) in [7, 11) is 0. The first kappa shape index (κ1) is 14.3. The Morgan fingerprint density at radius 1 is 1.33 bits per heavy atom. The van der Waals surface area contributed by atoms with Crippen LogP contribution < -0.4 is 5.73 Å². The molecule has 0 radical (unpaired) electrons. The summed E-state index contributed by atoms with van der Waals surface area (Å²) in [6.07, 6.45) is 6.65. The highest BCUT2D eigenvalue weighted by molar-refractivity contribution is 5.06. The smallest absolute Gasteiger partial charge is 0.0473 e. The van der Waals surface area contributed by atoms with Gasteiger partial charge in [0.05, 0.1) is 0 Å². The molecule has 1 saturated heterocycles. The van der Waals surface area contributed by atoms with Crippen LogP contribution in [0.1, 0.15) is 52.9 Å². The molecule has 18 heavy (non-hydrogen) atoms. The summed E-state index contributed by atoms with van der Waals surface area (Å²) in [4.78, 5) is 5.39. The first-order chi connectivity index (χ1) is 8.66. The molecule has 2 N–H and O–H groups in total. The van der Waals surface area contributed by atoms with Crippen molar-refractivity contribution in [1.29, 1.82) is 0 Å². The first-order valence-corrected chi connectivity index (χ1v) is 7.87. The van der Waals surface area contributed by atoms with Gasteiger partial charge in [0.1, 0.15) is 0 Å². The molecule has 2 unspecified atom stereocenters. The van der Waals surface area contributed by atoms with Crippen molar-refractivity contribution in [3.63, 3.8) is 0 Å². The number of nitrogens with zero attached hydrogens (tertiary/aromatic N) is 2. The van der Waals surface area contributed by atoms with Gasteiger partial charge >= 0.3 is 0 Å². The van der Waals surface area contributed by atoms with E-state index in [-0.39, 0.29) is 5.54 Å². The highest BCUT2D eigenvalue weighted by atomic mass is 15.3. The lowest BCUT2D eigenvalue weighted by Crippen LogP contribution is -2.56. The number of likely N-dealkylation sites (tertiary alicyclic amines) is 1. The molecule has 2 fully saturated rings. The Morgan fingerprint density at radius 3 is 2.56 bits per heavy atom. The van der Waals surface area contributed by atoms with Crippen molar-refractivity contribution in [2.45, 2.75) is 70.5 Å². The second-order valence-electron chi connectivity index (χ2n) is 6.32. The molecule has 1 heterocycles. The topological polar surface area (TPSA) is 32.5 Å². The lowest BCUT2D eigenvalue weighted by atomic mass is 9.93. The zero-order valence-electron chi connectivity index (χ0n) is 12.5. The lowest BCUT2D eigenvalue weighted by Gasteiger charge is -2.40. The summed E-state index contributed by atoms with van der Waals surface area (Å²) >= 11 is 0. The van der Waals surface area contributed by atoms with E-state index in [1.54, 1.807) is 0 Å². The minimum absolute atomic E-state index is 0.256. The van der Waals surface area contributed by atoms with Gasteiger partial charge in [-0.3, -0.25) is 9.80 Å². The van der Waals surface area contributed by atoms with Gasteiger partial charge < -0.3 is 5.73 Å². The molecule has 0 aromatic carbocycles.